The number of benzene rings is 2. The summed E-state index contributed by atoms with van der Waals surface area (Å²) in [4.78, 5) is 39.4. The Hall–Kier alpha value is -3.55. The highest BCUT2D eigenvalue weighted by molar-refractivity contribution is 6.06. The molecule has 0 saturated carbocycles. The van der Waals surface area contributed by atoms with Crippen LogP contribution in [0, 0.1) is 18.8 Å². The molecule has 2 unspecified atom stereocenters. The van der Waals surface area contributed by atoms with Crippen molar-refractivity contribution in [2.75, 3.05) is 39.2 Å². The van der Waals surface area contributed by atoms with E-state index in [2.05, 4.69) is 24.5 Å². The van der Waals surface area contributed by atoms with Gasteiger partial charge >= 0.3 is 0 Å². The second kappa shape index (κ2) is 11.0. The molecule has 0 aromatic heterocycles. The van der Waals surface area contributed by atoms with Crippen LogP contribution in [0.25, 0.3) is 0 Å². The first kappa shape index (κ1) is 25.1. The van der Waals surface area contributed by atoms with Gasteiger partial charge in [0.15, 0.2) is 18.1 Å². The highest BCUT2D eigenvalue weighted by Crippen LogP contribution is 2.29. The van der Waals surface area contributed by atoms with Crippen molar-refractivity contribution in [1.82, 2.24) is 10.2 Å². The van der Waals surface area contributed by atoms with Crippen molar-refractivity contribution in [2.24, 2.45) is 11.8 Å². The highest BCUT2D eigenvalue weighted by atomic mass is 16.5. The molecule has 0 bridgehead atoms. The minimum Gasteiger partial charge on any atom is -0.493 e. The van der Waals surface area contributed by atoms with Gasteiger partial charge in [-0.3, -0.25) is 14.4 Å². The zero-order valence-electron chi connectivity index (χ0n) is 20.4. The standard InChI is InChI=1S/C26H33N3O5/c1-16-10-17(2)14-29(13-16)26(32)20-7-6-18(3)21(11-20)28-25(31)19-8-9-22(23(12-19)33-5)34-15-24(30)27-4/h6-9,11-12,16-17H,10,13-15H2,1-5H3,(H,27,30)(H,28,31). The third kappa shape index (κ3) is 6.07. The van der Waals surface area contributed by atoms with Crippen LogP contribution in [0.5, 0.6) is 11.5 Å². The van der Waals surface area contributed by atoms with Gasteiger partial charge in [-0.15, -0.1) is 0 Å². The van der Waals surface area contributed by atoms with Gasteiger partial charge in [-0.1, -0.05) is 19.9 Å². The van der Waals surface area contributed by atoms with Crippen molar-refractivity contribution in [3.8, 4) is 11.5 Å². The molecule has 0 radical (unpaired) electrons. The molecule has 1 heterocycles. The zero-order valence-corrected chi connectivity index (χ0v) is 20.4. The van der Waals surface area contributed by atoms with E-state index in [0.29, 0.717) is 40.1 Å². The number of nitrogens with zero attached hydrogens (tertiary/aromatic N) is 1. The predicted octanol–water partition coefficient (Wildman–Crippen LogP) is 3.50. The van der Waals surface area contributed by atoms with Gasteiger partial charge in [0.25, 0.3) is 17.7 Å². The minimum atomic E-state index is -0.343. The number of amides is 3. The minimum absolute atomic E-state index is 0.0202. The first-order valence-electron chi connectivity index (χ1n) is 11.4. The van der Waals surface area contributed by atoms with Crippen LogP contribution in [-0.2, 0) is 4.79 Å². The maximum absolute atomic E-state index is 13.1. The van der Waals surface area contributed by atoms with Crippen molar-refractivity contribution in [2.45, 2.75) is 27.2 Å². The molecule has 34 heavy (non-hydrogen) atoms. The Morgan fingerprint density at radius 3 is 2.32 bits per heavy atom. The van der Waals surface area contributed by atoms with Crippen LogP contribution < -0.4 is 20.1 Å². The van der Waals surface area contributed by atoms with E-state index in [1.807, 2.05) is 17.9 Å². The molecule has 8 heteroatoms. The third-order valence-electron chi connectivity index (χ3n) is 5.95. The lowest BCUT2D eigenvalue weighted by Crippen LogP contribution is -2.42. The molecule has 2 aromatic carbocycles. The number of hydrogen-bond acceptors (Lipinski definition) is 5. The van der Waals surface area contributed by atoms with Crippen LogP contribution in [0.3, 0.4) is 0 Å². The van der Waals surface area contributed by atoms with Gasteiger partial charge in [0.05, 0.1) is 7.11 Å². The molecule has 2 N–H and O–H groups in total. The van der Waals surface area contributed by atoms with Crippen molar-refractivity contribution in [3.63, 3.8) is 0 Å². The van der Waals surface area contributed by atoms with E-state index in [9.17, 15) is 14.4 Å². The quantitative estimate of drug-likeness (QED) is 0.650. The van der Waals surface area contributed by atoms with E-state index in [1.165, 1.54) is 14.2 Å². The van der Waals surface area contributed by atoms with Gasteiger partial charge in [0.2, 0.25) is 0 Å². The molecule has 2 atom stereocenters. The van der Waals surface area contributed by atoms with Crippen molar-refractivity contribution >= 4 is 23.4 Å². The molecule has 1 fully saturated rings. The molecule has 8 nitrogen and oxygen atoms in total. The maximum atomic E-state index is 13.1. The first-order chi connectivity index (χ1) is 16.2. The number of carbonyl (C=O) groups is 3. The Morgan fingerprint density at radius 1 is 1.00 bits per heavy atom. The largest absolute Gasteiger partial charge is 0.493 e. The van der Waals surface area contributed by atoms with Gasteiger partial charge < -0.3 is 25.0 Å². The summed E-state index contributed by atoms with van der Waals surface area (Å²) in [6.45, 7) is 7.54. The Kier molecular flexibility index (Phi) is 8.15. The number of likely N-dealkylation sites (N-methyl/N-ethyl adjacent to an activating group) is 1. The Labute approximate surface area is 200 Å². The highest BCUT2D eigenvalue weighted by Gasteiger charge is 2.26. The number of anilines is 1. The van der Waals surface area contributed by atoms with Crippen molar-refractivity contribution in [3.05, 3.63) is 53.1 Å². The fraction of sp³-hybridized carbons (Fsp3) is 0.423. The van der Waals surface area contributed by atoms with E-state index in [4.69, 9.17) is 9.47 Å². The summed E-state index contributed by atoms with van der Waals surface area (Å²) in [5.74, 6) is 0.993. The van der Waals surface area contributed by atoms with E-state index >= 15 is 0 Å². The average molecular weight is 468 g/mol. The SMILES string of the molecule is CNC(=O)COc1ccc(C(=O)Nc2cc(C(=O)N3CC(C)CC(C)C3)ccc2C)cc1OC. The molecular weight excluding hydrogens is 434 g/mol. The second-order valence-corrected chi connectivity index (χ2v) is 8.97. The van der Waals surface area contributed by atoms with Crippen LogP contribution in [0.2, 0.25) is 0 Å². The zero-order chi connectivity index (χ0) is 24.8. The lowest BCUT2D eigenvalue weighted by Gasteiger charge is -2.35. The van der Waals surface area contributed by atoms with Gasteiger partial charge in [0, 0.05) is 37.0 Å². The maximum Gasteiger partial charge on any atom is 0.257 e. The third-order valence-corrected chi connectivity index (χ3v) is 5.95. The van der Waals surface area contributed by atoms with E-state index < -0.39 is 0 Å². The number of carbonyl (C=O) groups excluding carboxylic acids is 3. The molecule has 182 valence electrons. The molecule has 1 aliphatic rings. The van der Waals surface area contributed by atoms with Crippen LogP contribution >= 0.6 is 0 Å². The first-order valence-corrected chi connectivity index (χ1v) is 11.4. The molecule has 2 aromatic rings. The Bertz CT molecular complexity index is 1060. The smallest absolute Gasteiger partial charge is 0.257 e. The van der Waals surface area contributed by atoms with Crippen LogP contribution in [0.15, 0.2) is 36.4 Å². The average Bonchev–Trinajstić information content (AvgIpc) is 2.82. The van der Waals surface area contributed by atoms with E-state index in [-0.39, 0.29) is 24.3 Å². The predicted molar refractivity (Wildman–Crippen MR) is 131 cm³/mol. The van der Waals surface area contributed by atoms with Crippen molar-refractivity contribution < 1.29 is 23.9 Å². The van der Waals surface area contributed by atoms with Gasteiger partial charge in [-0.05, 0) is 61.1 Å². The summed E-state index contributed by atoms with van der Waals surface area (Å²) in [5.41, 5.74) is 2.34. The lowest BCUT2D eigenvalue weighted by molar-refractivity contribution is -0.122. The summed E-state index contributed by atoms with van der Waals surface area (Å²) in [7, 11) is 2.99. The monoisotopic (exact) mass is 467 g/mol. The normalized spacial score (nSPS) is 17.6. The fourth-order valence-electron chi connectivity index (χ4n) is 4.24. The molecular formula is C26H33N3O5. The number of rotatable bonds is 7. The van der Waals surface area contributed by atoms with E-state index in [0.717, 1.165) is 25.1 Å². The Morgan fingerprint density at radius 2 is 1.68 bits per heavy atom. The lowest BCUT2D eigenvalue weighted by atomic mass is 9.91. The van der Waals surface area contributed by atoms with Gasteiger partial charge in [-0.2, -0.15) is 0 Å². The fourth-order valence-corrected chi connectivity index (χ4v) is 4.24. The number of likely N-dealkylation sites (tertiary alicyclic amines) is 1. The number of ether oxygens (including phenoxy) is 2. The number of piperidine rings is 1. The number of nitrogens with one attached hydrogen (secondary N) is 2. The van der Waals surface area contributed by atoms with E-state index in [1.54, 1.807) is 30.3 Å². The summed E-state index contributed by atoms with van der Waals surface area (Å²) in [5, 5.41) is 5.38. The number of hydrogen-bond donors (Lipinski definition) is 2. The topological polar surface area (TPSA) is 97.0 Å². The molecule has 0 aliphatic carbocycles. The van der Waals surface area contributed by atoms with Crippen molar-refractivity contribution in [1.29, 1.82) is 0 Å². The van der Waals surface area contributed by atoms with Gasteiger partial charge in [0.1, 0.15) is 0 Å². The Balaban J connectivity index is 1.75. The molecule has 1 aliphatic heterocycles. The molecule has 1 saturated heterocycles. The summed E-state index contributed by atoms with van der Waals surface area (Å²) < 4.78 is 10.8. The molecule has 3 rings (SSSR count). The number of methoxy groups -OCH3 is 1. The molecule has 0 spiro atoms. The van der Waals surface area contributed by atoms with Crippen LogP contribution in [0.4, 0.5) is 5.69 Å². The van der Waals surface area contributed by atoms with Crippen LogP contribution in [0.1, 0.15) is 46.5 Å². The number of aryl methyl sites for hydroxylation is 1. The summed E-state index contributed by atoms with van der Waals surface area (Å²) in [6, 6.07) is 10.1. The van der Waals surface area contributed by atoms with Gasteiger partial charge in [-0.25, -0.2) is 0 Å². The summed E-state index contributed by atoms with van der Waals surface area (Å²) >= 11 is 0. The second-order valence-electron chi connectivity index (χ2n) is 8.97. The summed E-state index contributed by atoms with van der Waals surface area (Å²) in [6.07, 6.45) is 1.12. The van der Waals surface area contributed by atoms with Crippen LogP contribution in [-0.4, -0.2) is 56.5 Å². The molecule has 3 amide bonds.